The predicted molar refractivity (Wildman–Crippen MR) is 77.7 cm³/mol. The van der Waals surface area contributed by atoms with Crippen molar-refractivity contribution in [2.75, 3.05) is 5.73 Å². The predicted octanol–water partition coefficient (Wildman–Crippen LogP) is 5.38. The van der Waals surface area contributed by atoms with Crippen LogP contribution >= 0.6 is 43.5 Å². The third-order valence-electron chi connectivity index (χ3n) is 2.15. The van der Waals surface area contributed by atoms with Crippen LogP contribution in [0.25, 0.3) is 0 Å². The maximum atomic E-state index is 13.4. The highest BCUT2D eigenvalue weighted by Crippen LogP contribution is 2.36. The number of nitrogen functional groups attached to an aromatic ring is 1. The third kappa shape index (κ3) is 2.96. The standard InChI is InChI=1S/C12H7Br2ClFNO/c13-7-3-6(17)1-2-11(7)18-12-5-10(16)9(15)4-8(12)14/h1-5H,17H2. The summed E-state index contributed by atoms with van der Waals surface area (Å²) in [4.78, 5) is 0. The second-order valence-corrected chi connectivity index (χ2v) is 5.60. The first-order valence-electron chi connectivity index (χ1n) is 4.85. The van der Waals surface area contributed by atoms with Gasteiger partial charge >= 0.3 is 0 Å². The second-order valence-electron chi connectivity index (χ2n) is 3.49. The lowest BCUT2D eigenvalue weighted by Gasteiger charge is -2.10. The summed E-state index contributed by atoms with van der Waals surface area (Å²) in [5.74, 6) is 0.329. The van der Waals surface area contributed by atoms with E-state index in [-0.39, 0.29) is 5.02 Å². The van der Waals surface area contributed by atoms with Gasteiger partial charge in [0.2, 0.25) is 0 Å². The zero-order valence-electron chi connectivity index (χ0n) is 8.88. The van der Waals surface area contributed by atoms with E-state index in [2.05, 4.69) is 31.9 Å². The number of anilines is 1. The SMILES string of the molecule is Nc1ccc(Oc2cc(F)c(Cl)cc2Br)c(Br)c1. The molecule has 0 spiro atoms. The Morgan fingerprint density at radius 1 is 1.06 bits per heavy atom. The van der Waals surface area contributed by atoms with E-state index >= 15 is 0 Å². The monoisotopic (exact) mass is 393 g/mol. The van der Waals surface area contributed by atoms with E-state index in [9.17, 15) is 4.39 Å². The van der Waals surface area contributed by atoms with Crippen molar-refractivity contribution >= 4 is 49.1 Å². The number of hydrogen-bond donors (Lipinski definition) is 1. The Bertz CT molecular complexity index is 607. The van der Waals surface area contributed by atoms with Crippen LogP contribution in [-0.2, 0) is 0 Å². The lowest BCUT2D eigenvalue weighted by atomic mass is 10.3. The van der Waals surface area contributed by atoms with Crippen molar-refractivity contribution in [1.82, 2.24) is 0 Å². The molecule has 2 aromatic carbocycles. The van der Waals surface area contributed by atoms with Crippen LogP contribution in [0.3, 0.4) is 0 Å². The minimum atomic E-state index is -0.540. The first-order valence-corrected chi connectivity index (χ1v) is 6.81. The van der Waals surface area contributed by atoms with Crippen molar-refractivity contribution in [2.45, 2.75) is 0 Å². The van der Waals surface area contributed by atoms with Crippen LogP contribution < -0.4 is 10.5 Å². The second kappa shape index (κ2) is 5.47. The highest BCUT2D eigenvalue weighted by molar-refractivity contribution is 9.11. The van der Waals surface area contributed by atoms with Crippen LogP contribution in [0, 0.1) is 5.82 Å². The van der Waals surface area contributed by atoms with Gasteiger partial charge in [0, 0.05) is 11.8 Å². The maximum absolute atomic E-state index is 13.4. The van der Waals surface area contributed by atoms with Crippen molar-refractivity contribution in [3.63, 3.8) is 0 Å². The highest BCUT2D eigenvalue weighted by Gasteiger charge is 2.10. The molecule has 6 heteroatoms. The van der Waals surface area contributed by atoms with Crippen molar-refractivity contribution in [3.05, 3.63) is 50.1 Å². The minimum absolute atomic E-state index is 0.0330. The molecule has 0 fully saturated rings. The van der Waals surface area contributed by atoms with Crippen molar-refractivity contribution < 1.29 is 9.13 Å². The fraction of sp³-hybridized carbons (Fsp3) is 0. The molecule has 0 saturated heterocycles. The summed E-state index contributed by atoms with van der Waals surface area (Å²) in [6, 6.07) is 7.75. The topological polar surface area (TPSA) is 35.2 Å². The molecule has 0 amide bonds. The van der Waals surface area contributed by atoms with Gasteiger partial charge in [0.25, 0.3) is 0 Å². The number of benzene rings is 2. The van der Waals surface area contributed by atoms with Gasteiger partial charge in [-0.25, -0.2) is 4.39 Å². The molecule has 0 atom stereocenters. The Hall–Kier alpha value is -0.780. The molecule has 0 heterocycles. The van der Waals surface area contributed by atoms with Gasteiger partial charge in [-0.3, -0.25) is 0 Å². The average molecular weight is 395 g/mol. The van der Waals surface area contributed by atoms with Crippen molar-refractivity contribution in [1.29, 1.82) is 0 Å². The molecule has 0 bridgehead atoms. The molecule has 0 aliphatic carbocycles. The van der Waals surface area contributed by atoms with E-state index < -0.39 is 5.82 Å². The molecule has 18 heavy (non-hydrogen) atoms. The Kier molecular flexibility index (Phi) is 4.14. The van der Waals surface area contributed by atoms with Crippen molar-refractivity contribution in [2.24, 2.45) is 0 Å². The number of nitrogens with two attached hydrogens (primary N) is 1. The quantitative estimate of drug-likeness (QED) is 0.547. The van der Waals surface area contributed by atoms with Gasteiger partial charge in [0.15, 0.2) is 0 Å². The number of ether oxygens (including phenoxy) is 1. The summed E-state index contributed by atoms with van der Waals surface area (Å²) in [6.45, 7) is 0. The molecule has 0 radical (unpaired) electrons. The van der Waals surface area contributed by atoms with Gasteiger partial charge in [-0.2, -0.15) is 0 Å². The largest absolute Gasteiger partial charge is 0.455 e. The van der Waals surface area contributed by atoms with Gasteiger partial charge < -0.3 is 10.5 Å². The molecule has 0 saturated carbocycles. The van der Waals surface area contributed by atoms with Crippen LogP contribution in [0.2, 0.25) is 5.02 Å². The molecule has 0 aromatic heterocycles. The minimum Gasteiger partial charge on any atom is -0.455 e. The van der Waals surface area contributed by atoms with Crippen LogP contribution in [0.15, 0.2) is 39.3 Å². The normalized spacial score (nSPS) is 10.4. The average Bonchev–Trinajstić information content (AvgIpc) is 2.29. The van der Waals surface area contributed by atoms with Crippen LogP contribution in [0.5, 0.6) is 11.5 Å². The van der Waals surface area contributed by atoms with E-state index in [1.54, 1.807) is 18.2 Å². The van der Waals surface area contributed by atoms with Crippen molar-refractivity contribution in [3.8, 4) is 11.5 Å². The number of rotatable bonds is 2. The molecule has 94 valence electrons. The first-order chi connectivity index (χ1) is 8.47. The van der Waals surface area contributed by atoms with Crippen LogP contribution in [0.1, 0.15) is 0 Å². The lowest BCUT2D eigenvalue weighted by molar-refractivity contribution is 0.471. The van der Waals surface area contributed by atoms with Gasteiger partial charge in [-0.05, 0) is 56.1 Å². The Morgan fingerprint density at radius 3 is 2.39 bits per heavy atom. The molecule has 0 unspecified atom stereocenters. The fourth-order valence-electron chi connectivity index (χ4n) is 1.30. The maximum Gasteiger partial charge on any atom is 0.145 e. The Balaban J connectivity index is 2.37. The van der Waals surface area contributed by atoms with E-state index in [1.807, 2.05) is 0 Å². The molecular weight excluding hydrogens is 388 g/mol. The van der Waals surface area contributed by atoms with E-state index in [0.29, 0.717) is 26.1 Å². The highest BCUT2D eigenvalue weighted by atomic mass is 79.9. The van der Waals surface area contributed by atoms with E-state index in [4.69, 9.17) is 22.1 Å². The number of hydrogen-bond acceptors (Lipinski definition) is 2. The summed E-state index contributed by atoms with van der Waals surface area (Å²) in [7, 11) is 0. The summed E-state index contributed by atoms with van der Waals surface area (Å²) >= 11 is 12.2. The van der Waals surface area contributed by atoms with Gasteiger partial charge in [0.05, 0.1) is 14.0 Å². The molecule has 2 rings (SSSR count). The summed E-state index contributed by atoms with van der Waals surface area (Å²) in [5.41, 5.74) is 6.23. The zero-order valence-corrected chi connectivity index (χ0v) is 12.8. The Labute approximate surface area is 125 Å². The van der Waals surface area contributed by atoms with Gasteiger partial charge in [-0.15, -0.1) is 0 Å². The first kappa shape index (κ1) is 13.6. The lowest BCUT2D eigenvalue weighted by Crippen LogP contribution is -1.90. The van der Waals surface area contributed by atoms with Crippen LogP contribution in [0.4, 0.5) is 10.1 Å². The fourth-order valence-corrected chi connectivity index (χ4v) is 2.50. The number of halogens is 4. The smallest absolute Gasteiger partial charge is 0.145 e. The summed E-state index contributed by atoms with van der Waals surface area (Å²) in [5, 5.41) is 0.0330. The molecule has 2 nitrogen and oxygen atoms in total. The van der Waals surface area contributed by atoms with Gasteiger partial charge in [-0.1, -0.05) is 11.6 Å². The molecular formula is C12H7Br2ClFNO. The van der Waals surface area contributed by atoms with E-state index in [1.165, 1.54) is 12.1 Å². The van der Waals surface area contributed by atoms with Gasteiger partial charge in [0.1, 0.15) is 17.3 Å². The zero-order chi connectivity index (χ0) is 13.3. The molecule has 0 aliphatic heterocycles. The molecule has 2 aromatic rings. The van der Waals surface area contributed by atoms with E-state index in [0.717, 1.165) is 0 Å². The van der Waals surface area contributed by atoms with Crippen LogP contribution in [-0.4, -0.2) is 0 Å². The Morgan fingerprint density at radius 2 is 1.72 bits per heavy atom. The summed E-state index contributed by atoms with van der Waals surface area (Å²) in [6.07, 6.45) is 0. The molecule has 2 N–H and O–H groups in total. The third-order valence-corrected chi connectivity index (χ3v) is 3.68. The summed E-state index contributed by atoms with van der Waals surface area (Å²) < 4.78 is 20.2. The molecule has 0 aliphatic rings.